The largest absolute Gasteiger partial charge is 0.445 e. The summed E-state index contributed by atoms with van der Waals surface area (Å²) in [7, 11) is 0. The average Bonchev–Trinajstić information content (AvgIpc) is 2.32. The molecule has 1 aromatic rings. The van der Waals surface area contributed by atoms with Crippen molar-refractivity contribution in [3.63, 3.8) is 0 Å². The molecule has 3 nitrogen and oxygen atoms in total. The number of oxazole rings is 1. The van der Waals surface area contributed by atoms with Crippen molar-refractivity contribution in [1.82, 2.24) is 4.98 Å². The van der Waals surface area contributed by atoms with Crippen LogP contribution in [0.25, 0.3) is 0 Å². The van der Waals surface area contributed by atoms with E-state index in [1.807, 2.05) is 6.92 Å². The van der Waals surface area contributed by atoms with Crippen LogP contribution in [-0.4, -0.2) is 10.2 Å². The molecule has 0 atom stereocenters. The van der Waals surface area contributed by atoms with E-state index in [1.165, 1.54) is 0 Å². The Bertz CT molecular complexity index is 293. The molecule has 0 aliphatic carbocycles. The molecule has 0 aliphatic rings. The standard InChI is InChI=1S/C8H10ClNO2/c1-3-4-6-10-7(8(9)11)5(2)12-6/h3-4H2,1-2H3. The minimum absolute atomic E-state index is 0.236. The second kappa shape index (κ2) is 3.72. The van der Waals surface area contributed by atoms with Crippen molar-refractivity contribution in [1.29, 1.82) is 0 Å². The van der Waals surface area contributed by atoms with Gasteiger partial charge < -0.3 is 4.42 Å². The molecular weight excluding hydrogens is 178 g/mol. The first-order valence-corrected chi connectivity index (χ1v) is 4.19. The molecule has 0 aromatic carbocycles. The summed E-state index contributed by atoms with van der Waals surface area (Å²) in [5, 5.41) is -0.557. The molecule has 0 unspecified atom stereocenters. The molecule has 0 spiro atoms. The third kappa shape index (κ3) is 1.85. The molecule has 66 valence electrons. The molecule has 12 heavy (non-hydrogen) atoms. The van der Waals surface area contributed by atoms with Gasteiger partial charge in [0.15, 0.2) is 11.6 Å². The summed E-state index contributed by atoms with van der Waals surface area (Å²) >= 11 is 5.26. The Kier molecular flexibility index (Phi) is 2.87. The number of nitrogens with zero attached hydrogens (tertiary/aromatic N) is 1. The van der Waals surface area contributed by atoms with E-state index in [9.17, 15) is 4.79 Å². The van der Waals surface area contributed by atoms with E-state index in [2.05, 4.69) is 4.98 Å². The van der Waals surface area contributed by atoms with E-state index in [-0.39, 0.29) is 5.69 Å². The normalized spacial score (nSPS) is 10.2. The van der Waals surface area contributed by atoms with Crippen molar-refractivity contribution in [2.75, 3.05) is 0 Å². The van der Waals surface area contributed by atoms with Gasteiger partial charge in [0.25, 0.3) is 5.24 Å². The van der Waals surface area contributed by atoms with Crippen LogP contribution in [0.15, 0.2) is 4.42 Å². The molecule has 1 rings (SSSR count). The van der Waals surface area contributed by atoms with Gasteiger partial charge in [-0.1, -0.05) is 6.92 Å². The summed E-state index contributed by atoms with van der Waals surface area (Å²) in [6, 6.07) is 0. The van der Waals surface area contributed by atoms with Crippen molar-refractivity contribution < 1.29 is 9.21 Å². The Morgan fingerprint density at radius 2 is 2.33 bits per heavy atom. The van der Waals surface area contributed by atoms with Crippen LogP contribution in [0.5, 0.6) is 0 Å². The molecule has 0 bridgehead atoms. The number of rotatable bonds is 3. The fourth-order valence-corrected chi connectivity index (χ4v) is 1.13. The number of hydrogen-bond donors (Lipinski definition) is 0. The van der Waals surface area contributed by atoms with Crippen LogP contribution < -0.4 is 0 Å². The topological polar surface area (TPSA) is 43.1 Å². The molecule has 0 saturated heterocycles. The lowest BCUT2D eigenvalue weighted by Gasteiger charge is -1.85. The van der Waals surface area contributed by atoms with Crippen LogP contribution >= 0.6 is 11.6 Å². The summed E-state index contributed by atoms with van der Waals surface area (Å²) in [5.74, 6) is 1.08. The monoisotopic (exact) mass is 187 g/mol. The Morgan fingerprint density at radius 3 is 2.75 bits per heavy atom. The van der Waals surface area contributed by atoms with Gasteiger partial charge in [0.1, 0.15) is 5.76 Å². The maximum Gasteiger partial charge on any atom is 0.274 e. The minimum Gasteiger partial charge on any atom is -0.445 e. The van der Waals surface area contributed by atoms with Crippen LogP contribution in [0.4, 0.5) is 0 Å². The Morgan fingerprint density at radius 1 is 1.67 bits per heavy atom. The van der Waals surface area contributed by atoms with Gasteiger partial charge in [-0.25, -0.2) is 4.98 Å². The lowest BCUT2D eigenvalue weighted by atomic mass is 10.3. The van der Waals surface area contributed by atoms with Crippen LogP contribution in [0.2, 0.25) is 0 Å². The molecule has 1 heterocycles. The summed E-state index contributed by atoms with van der Waals surface area (Å²) in [4.78, 5) is 14.7. The number of carbonyl (C=O) groups is 1. The van der Waals surface area contributed by atoms with Gasteiger partial charge in [-0.3, -0.25) is 4.79 Å². The number of aryl methyl sites for hydroxylation is 2. The van der Waals surface area contributed by atoms with Gasteiger partial charge in [-0.15, -0.1) is 0 Å². The average molecular weight is 188 g/mol. The number of carbonyl (C=O) groups excluding carboxylic acids is 1. The Hall–Kier alpha value is -0.830. The minimum atomic E-state index is -0.557. The van der Waals surface area contributed by atoms with Gasteiger partial charge >= 0.3 is 0 Å². The third-order valence-electron chi connectivity index (χ3n) is 1.49. The molecule has 0 radical (unpaired) electrons. The van der Waals surface area contributed by atoms with E-state index in [0.717, 1.165) is 12.8 Å². The molecule has 0 saturated carbocycles. The van der Waals surface area contributed by atoms with Crippen molar-refractivity contribution in [3.8, 4) is 0 Å². The van der Waals surface area contributed by atoms with Gasteiger partial charge in [-0.05, 0) is 24.9 Å². The van der Waals surface area contributed by atoms with Crippen molar-refractivity contribution in [3.05, 3.63) is 17.3 Å². The predicted molar refractivity (Wildman–Crippen MR) is 45.4 cm³/mol. The highest BCUT2D eigenvalue weighted by molar-refractivity contribution is 6.67. The predicted octanol–water partition coefficient (Wildman–Crippen LogP) is 2.31. The molecule has 0 amide bonds. The van der Waals surface area contributed by atoms with Gasteiger partial charge in [0.05, 0.1) is 0 Å². The quantitative estimate of drug-likeness (QED) is 0.682. The molecule has 0 aliphatic heterocycles. The Labute approximate surface area is 75.7 Å². The molecule has 0 N–H and O–H groups in total. The fraction of sp³-hybridized carbons (Fsp3) is 0.500. The summed E-state index contributed by atoms with van der Waals surface area (Å²) in [6.07, 6.45) is 1.68. The second-order valence-electron chi connectivity index (χ2n) is 2.54. The van der Waals surface area contributed by atoms with E-state index >= 15 is 0 Å². The highest BCUT2D eigenvalue weighted by Gasteiger charge is 2.13. The zero-order chi connectivity index (χ0) is 9.14. The highest BCUT2D eigenvalue weighted by atomic mass is 35.5. The van der Waals surface area contributed by atoms with Crippen LogP contribution in [0, 0.1) is 6.92 Å². The smallest absolute Gasteiger partial charge is 0.274 e. The highest BCUT2D eigenvalue weighted by Crippen LogP contribution is 2.13. The van der Waals surface area contributed by atoms with Crippen molar-refractivity contribution in [2.24, 2.45) is 0 Å². The van der Waals surface area contributed by atoms with Crippen LogP contribution in [-0.2, 0) is 6.42 Å². The summed E-state index contributed by atoms with van der Waals surface area (Å²) in [5.41, 5.74) is 0.236. The third-order valence-corrected chi connectivity index (χ3v) is 1.67. The van der Waals surface area contributed by atoms with E-state index < -0.39 is 5.24 Å². The fourth-order valence-electron chi connectivity index (χ4n) is 0.954. The lowest BCUT2D eigenvalue weighted by molar-refractivity contribution is 0.107. The van der Waals surface area contributed by atoms with Gasteiger partial charge in [0, 0.05) is 6.42 Å². The van der Waals surface area contributed by atoms with Gasteiger partial charge in [0.2, 0.25) is 0 Å². The lowest BCUT2D eigenvalue weighted by Crippen LogP contribution is -1.92. The summed E-state index contributed by atoms with van der Waals surface area (Å²) < 4.78 is 5.20. The number of hydrogen-bond acceptors (Lipinski definition) is 3. The van der Waals surface area contributed by atoms with Crippen molar-refractivity contribution >= 4 is 16.8 Å². The zero-order valence-electron chi connectivity index (χ0n) is 7.06. The maximum atomic E-state index is 10.7. The zero-order valence-corrected chi connectivity index (χ0v) is 7.81. The maximum absolute atomic E-state index is 10.7. The van der Waals surface area contributed by atoms with Crippen molar-refractivity contribution in [2.45, 2.75) is 26.7 Å². The molecule has 1 aromatic heterocycles. The first-order valence-electron chi connectivity index (χ1n) is 3.81. The molecule has 4 heteroatoms. The molecular formula is C8H10ClNO2. The Balaban J connectivity index is 2.92. The van der Waals surface area contributed by atoms with E-state index in [0.29, 0.717) is 11.7 Å². The SMILES string of the molecule is CCCc1nc(C(=O)Cl)c(C)o1. The van der Waals surface area contributed by atoms with Crippen LogP contribution in [0.3, 0.4) is 0 Å². The second-order valence-corrected chi connectivity index (χ2v) is 2.88. The van der Waals surface area contributed by atoms with Crippen LogP contribution in [0.1, 0.15) is 35.5 Å². The molecule has 0 fully saturated rings. The van der Waals surface area contributed by atoms with E-state index in [4.69, 9.17) is 16.0 Å². The first-order chi connectivity index (χ1) is 5.65. The van der Waals surface area contributed by atoms with E-state index in [1.54, 1.807) is 6.92 Å². The summed E-state index contributed by atoms with van der Waals surface area (Å²) in [6.45, 7) is 3.70. The van der Waals surface area contributed by atoms with Gasteiger partial charge in [-0.2, -0.15) is 0 Å². The number of aromatic nitrogens is 1. The number of halogens is 1. The first kappa shape index (κ1) is 9.26.